The lowest BCUT2D eigenvalue weighted by Crippen LogP contribution is -2.48. The maximum atomic E-state index is 14.9. The van der Waals surface area contributed by atoms with E-state index in [9.17, 15) is 23.9 Å². The van der Waals surface area contributed by atoms with Gasteiger partial charge in [0.2, 0.25) is 5.12 Å². The molecule has 2 atom stereocenters. The number of carbonyl (C=O) groups excluding carboxylic acids is 3. The number of halogens is 1. The van der Waals surface area contributed by atoms with E-state index < -0.39 is 29.8 Å². The second-order valence-electron chi connectivity index (χ2n) is 10.3. The number of carbonyl (C=O) groups is 3. The minimum Gasteiger partial charge on any atom is -0.491 e. The van der Waals surface area contributed by atoms with Gasteiger partial charge in [-0.1, -0.05) is 38.6 Å². The van der Waals surface area contributed by atoms with Gasteiger partial charge in [0.25, 0.3) is 11.8 Å². The molecule has 38 heavy (non-hydrogen) atoms. The zero-order chi connectivity index (χ0) is 27.4. The minimum absolute atomic E-state index is 0.159. The van der Waals surface area contributed by atoms with E-state index in [-0.39, 0.29) is 40.7 Å². The number of pyridine rings is 1. The molecule has 0 aliphatic carbocycles. The highest BCUT2D eigenvalue weighted by Gasteiger charge is 2.28. The summed E-state index contributed by atoms with van der Waals surface area (Å²) in [6, 6.07) is 5.46. The Morgan fingerprint density at radius 2 is 1.97 bits per heavy atom. The Labute approximate surface area is 224 Å². The summed E-state index contributed by atoms with van der Waals surface area (Å²) in [5, 5.41) is 15.2. The second kappa shape index (κ2) is 11.8. The summed E-state index contributed by atoms with van der Waals surface area (Å²) < 4.78 is 25.6. The number of hydrogen-bond donors (Lipinski definition) is 3. The van der Waals surface area contributed by atoms with Gasteiger partial charge in [-0.05, 0) is 30.2 Å². The highest BCUT2D eigenvalue weighted by Crippen LogP contribution is 2.31. The molecule has 2 aromatic rings. The molecule has 1 saturated heterocycles. The predicted molar refractivity (Wildman–Crippen MR) is 140 cm³/mol. The number of rotatable bonds is 7. The van der Waals surface area contributed by atoms with Crippen LogP contribution in [0.1, 0.15) is 64.9 Å². The second-order valence-corrected chi connectivity index (χ2v) is 12.2. The smallest absolute Gasteiger partial charge is 0.270 e. The van der Waals surface area contributed by atoms with Crippen LogP contribution in [0.2, 0.25) is 0 Å². The molecule has 1 aromatic heterocycles. The Bertz CT molecular complexity index is 1230. The molecular formula is C27H32FN3O6S. The Kier molecular flexibility index (Phi) is 8.69. The number of amides is 2. The number of aromatic nitrogens is 1. The first-order valence-corrected chi connectivity index (χ1v) is 13.3. The van der Waals surface area contributed by atoms with Gasteiger partial charge >= 0.3 is 0 Å². The number of hydrogen-bond acceptors (Lipinski definition) is 8. The molecule has 0 radical (unpaired) electrons. The van der Waals surface area contributed by atoms with E-state index in [1.165, 1.54) is 12.1 Å². The molecule has 2 amide bonds. The van der Waals surface area contributed by atoms with Crippen molar-refractivity contribution in [1.82, 2.24) is 15.6 Å². The summed E-state index contributed by atoms with van der Waals surface area (Å²) in [5.41, 5.74) is 1.93. The predicted octanol–water partition coefficient (Wildman–Crippen LogP) is 2.41. The van der Waals surface area contributed by atoms with Crippen LogP contribution in [-0.4, -0.2) is 70.3 Å². The van der Waals surface area contributed by atoms with Crippen LogP contribution < -0.4 is 15.4 Å². The molecule has 9 nitrogen and oxygen atoms in total. The van der Waals surface area contributed by atoms with Gasteiger partial charge in [-0.2, -0.15) is 0 Å². The number of benzene rings is 1. The standard InChI is InChI=1S/C27H32FN3O6S/c1-27(2,3)38-23(33)13-29-25(34)17-5-4-15(11-18(17)28)10-16-12-21(30-20-7-9-37-24(16)20)26(35)31-19-6-8-36-14-22(19)32/h4-5,11-12,19,22,32H,6-10,13-14H2,1-3H3,(H,29,34)(H,31,35)/t19-,22-/m0/s1. The van der Waals surface area contributed by atoms with E-state index in [0.717, 1.165) is 11.8 Å². The Morgan fingerprint density at radius 3 is 2.68 bits per heavy atom. The van der Waals surface area contributed by atoms with Crippen LogP contribution in [0.25, 0.3) is 0 Å². The van der Waals surface area contributed by atoms with Crippen LogP contribution in [0.5, 0.6) is 5.75 Å². The van der Waals surface area contributed by atoms with Crippen molar-refractivity contribution < 1.29 is 33.4 Å². The molecule has 0 unspecified atom stereocenters. The average Bonchev–Trinajstić information content (AvgIpc) is 3.32. The molecule has 204 valence electrons. The molecule has 0 saturated carbocycles. The zero-order valence-electron chi connectivity index (χ0n) is 21.6. The van der Waals surface area contributed by atoms with Crippen LogP contribution in [0.3, 0.4) is 0 Å². The molecule has 4 rings (SSSR count). The molecule has 3 heterocycles. The van der Waals surface area contributed by atoms with Gasteiger partial charge in [0, 0.05) is 29.8 Å². The van der Waals surface area contributed by atoms with E-state index >= 15 is 0 Å². The van der Waals surface area contributed by atoms with E-state index in [1.807, 2.05) is 20.8 Å². The normalized spacial score (nSPS) is 18.9. The van der Waals surface area contributed by atoms with Crippen molar-refractivity contribution in [3.8, 4) is 5.75 Å². The Hall–Kier alpha value is -3.02. The Morgan fingerprint density at radius 1 is 1.18 bits per heavy atom. The van der Waals surface area contributed by atoms with E-state index in [0.29, 0.717) is 48.6 Å². The quantitative estimate of drug-likeness (QED) is 0.484. The van der Waals surface area contributed by atoms with Crippen molar-refractivity contribution in [3.05, 3.63) is 58.2 Å². The molecular weight excluding hydrogens is 513 g/mol. The van der Waals surface area contributed by atoms with E-state index in [4.69, 9.17) is 9.47 Å². The number of thioether (sulfide) groups is 1. The largest absolute Gasteiger partial charge is 0.491 e. The maximum absolute atomic E-state index is 14.9. The van der Waals surface area contributed by atoms with Crippen molar-refractivity contribution in [3.63, 3.8) is 0 Å². The van der Waals surface area contributed by atoms with Gasteiger partial charge in [0.05, 0.1) is 43.2 Å². The monoisotopic (exact) mass is 545 g/mol. The lowest BCUT2D eigenvalue weighted by Gasteiger charge is -2.28. The van der Waals surface area contributed by atoms with Crippen LogP contribution in [0.4, 0.5) is 4.39 Å². The lowest BCUT2D eigenvalue weighted by atomic mass is 10.0. The van der Waals surface area contributed by atoms with Gasteiger partial charge in [0.1, 0.15) is 17.3 Å². The van der Waals surface area contributed by atoms with Crippen molar-refractivity contribution in [1.29, 1.82) is 0 Å². The first kappa shape index (κ1) is 28.0. The van der Waals surface area contributed by atoms with Gasteiger partial charge in [-0.15, -0.1) is 0 Å². The summed E-state index contributed by atoms with van der Waals surface area (Å²) in [5.74, 6) is -1.22. The first-order chi connectivity index (χ1) is 18.0. The van der Waals surface area contributed by atoms with Crippen molar-refractivity contribution in [2.75, 3.05) is 26.4 Å². The summed E-state index contributed by atoms with van der Waals surface area (Å²) in [7, 11) is 0. The SMILES string of the molecule is CC(C)(C)SC(=O)CNC(=O)c1ccc(Cc2cc(C(=O)N[C@H]3CCOC[C@@H]3O)nc3c2OCC3)cc1F. The third-order valence-corrected chi connectivity index (χ3v) is 7.05. The van der Waals surface area contributed by atoms with Gasteiger partial charge in [-0.25, -0.2) is 9.37 Å². The fourth-order valence-corrected chi connectivity index (χ4v) is 5.15. The third kappa shape index (κ3) is 7.09. The fraction of sp³-hybridized carbons (Fsp3) is 0.481. The molecule has 1 aromatic carbocycles. The number of nitrogens with one attached hydrogen (secondary N) is 2. The summed E-state index contributed by atoms with van der Waals surface area (Å²) in [4.78, 5) is 41.9. The first-order valence-electron chi connectivity index (χ1n) is 12.5. The van der Waals surface area contributed by atoms with Crippen LogP contribution in [0, 0.1) is 5.82 Å². The molecule has 1 fully saturated rings. The highest BCUT2D eigenvalue weighted by molar-refractivity contribution is 8.14. The van der Waals surface area contributed by atoms with Gasteiger partial charge in [-0.3, -0.25) is 14.4 Å². The molecule has 0 bridgehead atoms. The van der Waals surface area contributed by atoms with Crippen LogP contribution in [0.15, 0.2) is 24.3 Å². The summed E-state index contributed by atoms with van der Waals surface area (Å²) in [6.07, 6.45) is 0.503. The Balaban J connectivity index is 1.46. The molecule has 11 heteroatoms. The van der Waals surface area contributed by atoms with Gasteiger partial charge in [0.15, 0.2) is 0 Å². The topological polar surface area (TPSA) is 127 Å². The average molecular weight is 546 g/mol. The van der Waals surface area contributed by atoms with E-state index in [2.05, 4.69) is 15.6 Å². The number of aliphatic hydroxyl groups is 1. The molecule has 0 spiro atoms. The summed E-state index contributed by atoms with van der Waals surface area (Å²) in [6.45, 7) is 6.52. The summed E-state index contributed by atoms with van der Waals surface area (Å²) >= 11 is 1.11. The lowest BCUT2D eigenvalue weighted by molar-refractivity contribution is -0.110. The molecule has 3 N–H and O–H groups in total. The number of fused-ring (bicyclic) bond motifs is 1. The molecule has 2 aliphatic heterocycles. The third-order valence-electron chi connectivity index (χ3n) is 6.07. The molecule has 2 aliphatic rings. The van der Waals surface area contributed by atoms with Crippen LogP contribution >= 0.6 is 11.8 Å². The minimum atomic E-state index is -0.793. The van der Waals surface area contributed by atoms with Crippen molar-refractivity contribution in [2.45, 2.75) is 56.9 Å². The van der Waals surface area contributed by atoms with Gasteiger partial charge < -0.3 is 25.2 Å². The van der Waals surface area contributed by atoms with Crippen molar-refractivity contribution >= 4 is 28.7 Å². The highest BCUT2D eigenvalue weighted by atomic mass is 32.2. The van der Waals surface area contributed by atoms with Crippen molar-refractivity contribution in [2.24, 2.45) is 0 Å². The number of ether oxygens (including phenoxy) is 2. The number of nitrogens with zero attached hydrogens (tertiary/aromatic N) is 1. The van der Waals surface area contributed by atoms with E-state index in [1.54, 1.807) is 12.1 Å². The van der Waals surface area contributed by atoms with Crippen LogP contribution in [-0.2, 0) is 22.4 Å². The fourth-order valence-electron chi connectivity index (χ4n) is 4.32. The zero-order valence-corrected chi connectivity index (χ0v) is 22.5. The maximum Gasteiger partial charge on any atom is 0.270 e. The number of aliphatic hydroxyl groups excluding tert-OH is 1.